The Labute approximate surface area is 169 Å². The van der Waals surface area contributed by atoms with Crippen LogP contribution >= 0.6 is 0 Å². The van der Waals surface area contributed by atoms with Crippen LogP contribution in [0.1, 0.15) is 23.2 Å². The highest BCUT2D eigenvalue weighted by Crippen LogP contribution is 2.21. The predicted octanol–water partition coefficient (Wildman–Crippen LogP) is 1.35. The molecule has 0 spiro atoms. The fourth-order valence-electron chi connectivity index (χ4n) is 3.44. The number of aromatic nitrogens is 2. The van der Waals surface area contributed by atoms with Gasteiger partial charge in [-0.05, 0) is 37.1 Å². The third kappa shape index (κ3) is 4.39. The molecule has 2 aliphatic heterocycles. The van der Waals surface area contributed by atoms with Crippen molar-refractivity contribution in [2.75, 3.05) is 49.6 Å². The lowest BCUT2D eigenvalue weighted by Gasteiger charge is -2.26. The second kappa shape index (κ2) is 8.44. The molecule has 1 aromatic carbocycles. The van der Waals surface area contributed by atoms with E-state index in [9.17, 15) is 13.2 Å². The zero-order chi connectivity index (χ0) is 20.3. The highest BCUT2D eigenvalue weighted by Gasteiger charge is 2.26. The molecule has 154 valence electrons. The van der Waals surface area contributed by atoms with E-state index in [2.05, 4.69) is 20.2 Å². The van der Waals surface area contributed by atoms with E-state index in [-0.39, 0.29) is 10.8 Å². The van der Waals surface area contributed by atoms with Crippen molar-refractivity contribution < 1.29 is 17.9 Å². The molecular formula is C19H23N5O4S. The number of rotatable bonds is 5. The summed E-state index contributed by atoms with van der Waals surface area (Å²) < 4.78 is 31.9. The summed E-state index contributed by atoms with van der Waals surface area (Å²) in [7, 11) is -3.58. The van der Waals surface area contributed by atoms with E-state index in [1.807, 2.05) is 0 Å². The zero-order valence-corrected chi connectivity index (χ0v) is 16.8. The lowest BCUT2D eigenvalue weighted by molar-refractivity contribution is 0.0730. The Morgan fingerprint density at radius 2 is 1.69 bits per heavy atom. The number of nitrogens with one attached hydrogen (secondary N) is 1. The number of hydrogen-bond donors (Lipinski definition) is 1. The molecule has 2 fully saturated rings. The number of nitrogens with zero attached hydrogens (tertiary/aromatic N) is 4. The Morgan fingerprint density at radius 3 is 2.38 bits per heavy atom. The van der Waals surface area contributed by atoms with Gasteiger partial charge in [-0.2, -0.15) is 4.31 Å². The minimum absolute atomic E-state index is 0.161. The maximum absolute atomic E-state index is 12.7. The average molecular weight is 417 g/mol. The van der Waals surface area contributed by atoms with Crippen molar-refractivity contribution in [3.63, 3.8) is 0 Å². The summed E-state index contributed by atoms with van der Waals surface area (Å²) in [4.78, 5) is 23.2. The van der Waals surface area contributed by atoms with Crippen LogP contribution in [-0.4, -0.2) is 68.0 Å². The molecule has 3 heterocycles. The summed E-state index contributed by atoms with van der Waals surface area (Å²) in [5, 5.41) is 2.75. The number of anilines is 2. The number of carbonyl (C=O) groups is 1. The summed E-state index contributed by atoms with van der Waals surface area (Å²) in [6, 6.07) is 7.67. The molecule has 0 radical (unpaired) electrons. The first-order valence-electron chi connectivity index (χ1n) is 9.60. The maximum Gasteiger partial charge on any atom is 0.256 e. The van der Waals surface area contributed by atoms with E-state index in [0.29, 0.717) is 37.7 Å². The molecule has 0 unspecified atom stereocenters. The summed E-state index contributed by atoms with van der Waals surface area (Å²) in [5.41, 5.74) is 0.354. The van der Waals surface area contributed by atoms with Crippen molar-refractivity contribution in [2.24, 2.45) is 0 Å². The topological polar surface area (TPSA) is 105 Å². The van der Waals surface area contributed by atoms with Gasteiger partial charge in [0.15, 0.2) is 0 Å². The van der Waals surface area contributed by atoms with Gasteiger partial charge in [0.1, 0.15) is 18.0 Å². The molecule has 2 saturated heterocycles. The smallest absolute Gasteiger partial charge is 0.256 e. The normalized spacial score (nSPS) is 18.0. The molecule has 0 atom stereocenters. The fraction of sp³-hybridized carbons (Fsp3) is 0.421. The molecule has 0 aliphatic carbocycles. The van der Waals surface area contributed by atoms with Crippen LogP contribution in [0.5, 0.6) is 0 Å². The van der Waals surface area contributed by atoms with E-state index in [0.717, 1.165) is 31.7 Å². The monoisotopic (exact) mass is 417 g/mol. The molecular weight excluding hydrogens is 394 g/mol. The van der Waals surface area contributed by atoms with Crippen molar-refractivity contribution >= 4 is 27.6 Å². The molecule has 1 aromatic heterocycles. The SMILES string of the molecule is O=C(Nc1cc(N2CCCC2)ncn1)c1ccc(S(=O)(=O)N2CCOCC2)cc1. The van der Waals surface area contributed by atoms with Crippen LogP contribution in [0.3, 0.4) is 0 Å². The quantitative estimate of drug-likeness (QED) is 0.783. The van der Waals surface area contributed by atoms with Gasteiger partial charge in [-0.1, -0.05) is 0 Å². The number of hydrogen-bond acceptors (Lipinski definition) is 7. The van der Waals surface area contributed by atoms with E-state index >= 15 is 0 Å². The number of ether oxygens (including phenoxy) is 1. The third-order valence-electron chi connectivity index (χ3n) is 5.05. The largest absolute Gasteiger partial charge is 0.379 e. The minimum Gasteiger partial charge on any atom is -0.379 e. The molecule has 10 heteroatoms. The molecule has 29 heavy (non-hydrogen) atoms. The first-order valence-corrected chi connectivity index (χ1v) is 11.0. The maximum atomic E-state index is 12.7. The van der Waals surface area contributed by atoms with Gasteiger partial charge in [-0.3, -0.25) is 4.79 Å². The van der Waals surface area contributed by atoms with E-state index in [4.69, 9.17) is 4.74 Å². The first-order chi connectivity index (χ1) is 14.0. The van der Waals surface area contributed by atoms with Crippen LogP contribution < -0.4 is 10.2 Å². The standard InChI is InChI=1S/C19H23N5O4S/c25-19(22-17-13-18(21-14-20-17)23-7-1-2-8-23)15-3-5-16(6-4-15)29(26,27)24-9-11-28-12-10-24/h3-6,13-14H,1-2,7-12H2,(H,20,21,22,25). The lowest BCUT2D eigenvalue weighted by Crippen LogP contribution is -2.40. The molecule has 2 aromatic rings. The van der Waals surface area contributed by atoms with E-state index < -0.39 is 10.0 Å². The van der Waals surface area contributed by atoms with Gasteiger partial charge in [0, 0.05) is 37.8 Å². The summed E-state index contributed by atoms with van der Waals surface area (Å²) >= 11 is 0. The van der Waals surface area contributed by atoms with E-state index in [1.54, 1.807) is 6.07 Å². The highest BCUT2D eigenvalue weighted by molar-refractivity contribution is 7.89. The van der Waals surface area contributed by atoms with Crippen LogP contribution in [-0.2, 0) is 14.8 Å². The average Bonchev–Trinajstić information content (AvgIpc) is 3.30. The Hall–Kier alpha value is -2.56. The summed E-state index contributed by atoms with van der Waals surface area (Å²) in [6.07, 6.45) is 3.69. The Bertz CT molecular complexity index is 968. The van der Waals surface area contributed by atoms with Crippen molar-refractivity contribution in [1.82, 2.24) is 14.3 Å². The van der Waals surface area contributed by atoms with Gasteiger partial charge in [-0.25, -0.2) is 18.4 Å². The summed E-state index contributed by atoms with van der Waals surface area (Å²) in [6.45, 7) is 3.33. The predicted molar refractivity (Wildman–Crippen MR) is 107 cm³/mol. The number of amides is 1. The Balaban J connectivity index is 1.45. The Morgan fingerprint density at radius 1 is 1.00 bits per heavy atom. The van der Waals surface area contributed by atoms with Crippen molar-refractivity contribution in [3.05, 3.63) is 42.2 Å². The van der Waals surface area contributed by atoms with Gasteiger partial charge in [0.2, 0.25) is 10.0 Å². The van der Waals surface area contributed by atoms with Crippen molar-refractivity contribution in [3.8, 4) is 0 Å². The molecule has 0 saturated carbocycles. The third-order valence-corrected chi connectivity index (χ3v) is 6.96. The van der Waals surface area contributed by atoms with Crippen LogP contribution in [0.15, 0.2) is 41.6 Å². The Kier molecular flexibility index (Phi) is 5.74. The van der Waals surface area contributed by atoms with Crippen molar-refractivity contribution in [2.45, 2.75) is 17.7 Å². The molecule has 1 amide bonds. The fourth-order valence-corrected chi connectivity index (χ4v) is 4.85. The first kappa shape index (κ1) is 19.7. The van der Waals surface area contributed by atoms with Crippen molar-refractivity contribution in [1.29, 1.82) is 0 Å². The van der Waals surface area contributed by atoms with Crippen LogP contribution in [0.25, 0.3) is 0 Å². The van der Waals surface area contributed by atoms with Gasteiger partial charge in [-0.15, -0.1) is 0 Å². The van der Waals surface area contributed by atoms with E-state index in [1.165, 1.54) is 34.9 Å². The lowest BCUT2D eigenvalue weighted by atomic mass is 10.2. The second-order valence-electron chi connectivity index (χ2n) is 6.95. The molecule has 9 nitrogen and oxygen atoms in total. The van der Waals surface area contributed by atoms with Crippen LogP contribution in [0.4, 0.5) is 11.6 Å². The zero-order valence-electron chi connectivity index (χ0n) is 16.0. The minimum atomic E-state index is -3.58. The number of morpholine rings is 1. The van der Waals surface area contributed by atoms with Gasteiger partial charge < -0.3 is 15.0 Å². The van der Waals surface area contributed by atoms with Crippen LogP contribution in [0.2, 0.25) is 0 Å². The molecule has 4 rings (SSSR count). The van der Waals surface area contributed by atoms with Crippen LogP contribution in [0, 0.1) is 0 Å². The summed E-state index contributed by atoms with van der Waals surface area (Å²) in [5.74, 6) is 0.850. The molecule has 1 N–H and O–H groups in total. The molecule has 2 aliphatic rings. The van der Waals surface area contributed by atoms with Gasteiger partial charge in [0.25, 0.3) is 5.91 Å². The number of sulfonamides is 1. The van der Waals surface area contributed by atoms with Gasteiger partial charge >= 0.3 is 0 Å². The number of benzene rings is 1. The molecule has 0 bridgehead atoms. The van der Waals surface area contributed by atoms with Gasteiger partial charge in [0.05, 0.1) is 18.1 Å². The number of carbonyl (C=O) groups excluding carboxylic acids is 1. The second-order valence-corrected chi connectivity index (χ2v) is 8.89. The highest BCUT2D eigenvalue weighted by atomic mass is 32.2.